The molecule has 1 aromatic carbocycles. The summed E-state index contributed by atoms with van der Waals surface area (Å²) in [6.07, 6.45) is -2.60. The van der Waals surface area contributed by atoms with Crippen LogP contribution in [0.2, 0.25) is 0 Å². The van der Waals surface area contributed by atoms with Gasteiger partial charge < -0.3 is 9.47 Å². The summed E-state index contributed by atoms with van der Waals surface area (Å²) in [5, 5.41) is 1.45. The second-order valence-corrected chi connectivity index (χ2v) is 9.75. The normalized spacial score (nSPS) is 22.9. The molecule has 3 atom stereocenters. The van der Waals surface area contributed by atoms with Gasteiger partial charge in [0.2, 0.25) is 0 Å². The van der Waals surface area contributed by atoms with Crippen molar-refractivity contribution in [1.29, 1.82) is 0 Å². The zero-order valence-electron chi connectivity index (χ0n) is 18.0. The van der Waals surface area contributed by atoms with E-state index in [0.29, 0.717) is 10.9 Å². The maximum absolute atomic E-state index is 13.3. The first kappa shape index (κ1) is 21.1. The van der Waals surface area contributed by atoms with E-state index in [1.807, 2.05) is 36.6 Å². The fraction of sp³-hybridized carbons (Fsp3) is 0.333. The van der Waals surface area contributed by atoms with Gasteiger partial charge in [0, 0.05) is 35.1 Å². The number of aryl methyl sites for hydroxylation is 1. The number of pyridine rings is 1. The van der Waals surface area contributed by atoms with Crippen LogP contribution in [0.25, 0.3) is 5.69 Å². The van der Waals surface area contributed by atoms with Gasteiger partial charge in [-0.1, -0.05) is 30.8 Å². The second-order valence-electron chi connectivity index (χ2n) is 8.35. The number of aromatic nitrogens is 2. The Bertz CT molecular complexity index is 1190. The standard InChI is InChI=1S/C24H23F3N4S/c1-14-11-19(16(3)31(14)18-8-6-7-17(12-18)24(25,26)27)22-21(20-9-4-5-10-28-20)29-23-30(22)13-15(2)32-23/h4-12,15,21-22H,13H2,1-3H3/t15-,21+,22+/m0/s1. The lowest BCUT2D eigenvalue weighted by Crippen LogP contribution is -2.28. The van der Waals surface area contributed by atoms with E-state index in [2.05, 4.69) is 22.9 Å². The summed E-state index contributed by atoms with van der Waals surface area (Å²) in [6, 6.07) is 13.2. The highest BCUT2D eigenvalue weighted by atomic mass is 32.2. The van der Waals surface area contributed by atoms with Gasteiger partial charge >= 0.3 is 6.18 Å². The number of rotatable bonds is 3. The zero-order chi connectivity index (χ0) is 22.6. The van der Waals surface area contributed by atoms with Crippen molar-refractivity contribution in [3.05, 3.63) is 82.9 Å². The van der Waals surface area contributed by atoms with Crippen molar-refractivity contribution in [2.45, 2.75) is 44.3 Å². The van der Waals surface area contributed by atoms with E-state index in [1.54, 1.807) is 24.0 Å². The van der Waals surface area contributed by atoms with Gasteiger partial charge in [0.25, 0.3) is 0 Å². The van der Waals surface area contributed by atoms with E-state index in [9.17, 15) is 13.2 Å². The molecule has 0 saturated carbocycles. The van der Waals surface area contributed by atoms with Crippen LogP contribution in [0.3, 0.4) is 0 Å². The third kappa shape index (κ3) is 3.50. The summed E-state index contributed by atoms with van der Waals surface area (Å²) in [5.74, 6) is 0. The predicted octanol–water partition coefficient (Wildman–Crippen LogP) is 6.10. The Morgan fingerprint density at radius 1 is 1.06 bits per heavy atom. The molecule has 4 heterocycles. The molecule has 8 heteroatoms. The molecular formula is C24H23F3N4S. The van der Waals surface area contributed by atoms with Crippen LogP contribution in [-0.2, 0) is 6.18 Å². The smallest absolute Gasteiger partial charge is 0.341 e. The molecule has 0 aliphatic carbocycles. The van der Waals surface area contributed by atoms with Gasteiger partial charge in [-0.05, 0) is 55.8 Å². The predicted molar refractivity (Wildman–Crippen MR) is 121 cm³/mol. The van der Waals surface area contributed by atoms with Crippen molar-refractivity contribution in [2.24, 2.45) is 4.99 Å². The van der Waals surface area contributed by atoms with E-state index in [4.69, 9.17) is 4.99 Å². The number of thioether (sulfide) groups is 1. The lowest BCUT2D eigenvalue weighted by molar-refractivity contribution is -0.137. The van der Waals surface area contributed by atoms with Gasteiger partial charge in [0.1, 0.15) is 6.04 Å². The van der Waals surface area contributed by atoms with Gasteiger partial charge in [-0.25, -0.2) is 0 Å². The topological polar surface area (TPSA) is 33.4 Å². The first-order chi connectivity index (χ1) is 15.2. The number of hydrogen-bond acceptors (Lipinski definition) is 4. The van der Waals surface area contributed by atoms with Crippen molar-refractivity contribution in [3.63, 3.8) is 0 Å². The number of amidine groups is 1. The zero-order valence-corrected chi connectivity index (χ0v) is 18.8. The summed E-state index contributed by atoms with van der Waals surface area (Å²) in [6.45, 7) is 6.97. The lowest BCUT2D eigenvalue weighted by atomic mass is 9.96. The summed E-state index contributed by atoms with van der Waals surface area (Å²) >= 11 is 1.77. The molecule has 2 aromatic heterocycles. The lowest BCUT2D eigenvalue weighted by Gasteiger charge is -2.27. The Kier molecular flexibility index (Phi) is 5.08. The third-order valence-electron chi connectivity index (χ3n) is 6.10. The summed E-state index contributed by atoms with van der Waals surface area (Å²) in [7, 11) is 0. The molecule has 3 aromatic rings. The van der Waals surface area contributed by atoms with Crippen molar-refractivity contribution in [1.82, 2.24) is 14.5 Å². The van der Waals surface area contributed by atoms with Crippen molar-refractivity contribution >= 4 is 16.9 Å². The van der Waals surface area contributed by atoms with Gasteiger partial charge in [0.15, 0.2) is 5.17 Å². The van der Waals surface area contributed by atoms with Gasteiger partial charge in [-0.2, -0.15) is 13.2 Å². The Hall–Kier alpha value is -2.74. The van der Waals surface area contributed by atoms with Gasteiger partial charge in [-0.3, -0.25) is 9.98 Å². The molecule has 0 amide bonds. The molecule has 1 fully saturated rings. The van der Waals surface area contributed by atoms with Crippen LogP contribution in [0.15, 0.2) is 59.7 Å². The monoisotopic (exact) mass is 456 g/mol. The molecule has 5 rings (SSSR count). The molecule has 166 valence electrons. The van der Waals surface area contributed by atoms with Crippen LogP contribution in [0, 0.1) is 13.8 Å². The fourth-order valence-electron chi connectivity index (χ4n) is 4.76. The number of alkyl halides is 3. The first-order valence-corrected chi connectivity index (χ1v) is 11.4. The van der Waals surface area contributed by atoms with E-state index >= 15 is 0 Å². The van der Waals surface area contributed by atoms with E-state index in [1.165, 1.54) is 12.1 Å². The van der Waals surface area contributed by atoms with Crippen LogP contribution < -0.4 is 0 Å². The third-order valence-corrected chi connectivity index (χ3v) is 7.20. The van der Waals surface area contributed by atoms with Crippen LogP contribution in [-0.4, -0.2) is 31.4 Å². The minimum absolute atomic E-state index is 0.0388. The molecule has 4 nitrogen and oxygen atoms in total. The van der Waals surface area contributed by atoms with E-state index in [0.717, 1.165) is 40.4 Å². The van der Waals surface area contributed by atoms with Gasteiger partial charge in [-0.15, -0.1) is 0 Å². The summed E-state index contributed by atoms with van der Waals surface area (Å²) in [4.78, 5) is 11.9. The largest absolute Gasteiger partial charge is 0.416 e. The number of halogens is 3. The van der Waals surface area contributed by atoms with E-state index < -0.39 is 11.7 Å². The van der Waals surface area contributed by atoms with Crippen molar-refractivity contribution in [2.75, 3.05) is 6.54 Å². The quantitative estimate of drug-likeness (QED) is 0.478. The summed E-state index contributed by atoms with van der Waals surface area (Å²) in [5.41, 5.74) is 3.66. The number of benzene rings is 1. The van der Waals surface area contributed by atoms with Gasteiger partial charge in [0.05, 0.1) is 17.3 Å². The number of aliphatic imine (C=N–C) groups is 1. The first-order valence-electron chi connectivity index (χ1n) is 10.5. The SMILES string of the molecule is Cc1cc([C@@H]2[C@@H](c3ccccn3)N=C3S[C@@H](C)CN32)c(C)n1-c1cccc(C(F)(F)F)c1. The van der Waals surface area contributed by atoms with Crippen LogP contribution in [0.5, 0.6) is 0 Å². The average Bonchev–Trinajstić information content (AvgIpc) is 3.37. The average molecular weight is 457 g/mol. The number of hydrogen-bond donors (Lipinski definition) is 0. The Morgan fingerprint density at radius 2 is 1.88 bits per heavy atom. The molecule has 1 saturated heterocycles. The van der Waals surface area contributed by atoms with Crippen LogP contribution in [0.4, 0.5) is 13.2 Å². The van der Waals surface area contributed by atoms with Crippen molar-refractivity contribution in [3.8, 4) is 5.69 Å². The molecular weight excluding hydrogens is 433 g/mol. The minimum atomic E-state index is -4.38. The molecule has 2 aliphatic heterocycles. The van der Waals surface area contributed by atoms with Crippen LogP contribution >= 0.6 is 11.8 Å². The highest BCUT2D eigenvalue weighted by Gasteiger charge is 2.44. The Morgan fingerprint density at radius 3 is 2.59 bits per heavy atom. The van der Waals surface area contributed by atoms with Crippen LogP contribution in [0.1, 0.15) is 47.2 Å². The number of fused-ring (bicyclic) bond motifs is 1. The van der Waals surface area contributed by atoms with E-state index in [-0.39, 0.29) is 12.1 Å². The highest BCUT2D eigenvalue weighted by molar-refractivity contribution is 8.14. The highest BCUT2D eigenvalue weighted by Crippen LogP contribution is 2.49. The molecule has 0 N–H and O–H groups in total. The molecule has 0 unspecified atom stereocenters. The fourth-order valence-corrected chi connectivity index (χ4v) is 5.85. The molecule has 0 bridgehead atoms. The summed E-state index contributed by atoms with van der Waals surface area (Å²) < 4.78 is 41.9. The molecule has 0 radical (unpaired) electrons. The minimum Gasteiger partial charge on any atom is -0.341 e. The molecule has 0 spiro atoms. The van der Waals surface area contributed by atoms with Crippen molar-refractivity contribution < 1.29 is 13.2 Å². The number of nitrogens with zero attached hydrogens (tertiary/aromatic N) is 4. The second kappa shape index (κ2) is 7.69. The Labute approximate surface area is 189 Å². The Balaban J connectivity index is 1.61. The molecule has 2 aliphatic rings. The molecule has 32 heavy (non-hydrogen) atoms. The maximum atomic E-state index is 13.3. The maximum Gasteiger partial charge on any atom is 0.416 e.